The standard InChI is InChI=1S/C55H36S/c1-55(2)49-27-25-39(31-47(49)48-30-37-24-26-45-40-14-10-11-19-51(40)56-54(45)46(37)32-50(48)55)53-43-17-8-6-15-41(43)52(42-16-7-9-18-44(42)53)38-23-22-35-28-34(20-21-36(35)29-38)33-12-4-3-5-13-33/h3-32H,1-2H3. The Kier molecular flexibility index (Phi) is 6.66. The van der Waals surface area contributed by atoms with Gasteiger partial charge in [-0.2, -0.15) is 0 Å². The van der Waals surface area contributed by atoms with Crippen molar-refractivity contribution in [2.75, 3.05) is 0 Å². The molecule has 0 bridgehead atoms. The smallest absolute Gasteiger partial charge is 0.0433 e. The van der Waals surface area contributed by atoms with Gasteiger partial charge in [0.1, 0.15) is 0 Å². The normalized spacial score (nSPS) is 13.3. The van der Waals surface area contributed by atoms with Gasteiger partial charge in [0.25, 0.3) is 0 Å². The Balaban J connectivity index is 1.04. The molecule has 11 aromatic rings. The molecule has 262 valence electrons. The molecule has 1 heterocycles. The van der Waals surface area contributed by atoms with E-state index >= 15 is 0 Å². The molecule has 0 unspecified atom stereocenters. The molecule has 10 aromatic carbocycles. The van der Waals surface area contributed by atoms with E-state index in [9.17, 15) is 0 Å². The highest BCUT2D eigenvalue weighted by Gasteiger charge is 2.36. The fourth-order valence-corrected chi connectivity index (χ4v) is 11.1. The number of benzene rings is 10. The van der Waals surface area contributed by atoms with Crippen molar-refractivity contribution in [3.63, 3.8) is 0 Å². The van der Waals surface area contributed by atoms with Crippen molar-refractivity contribution in [1.29, 1.82) is 0 Å². The summed E-state index contributed by atoms with van der Waals surface area (Å²) >= 11 is 1.92. The predicted octanol–water partition coefficient (Wildman–Crippen LogP) is 16.0. The summed E-state index contributed by atoms with van der Waals surface area (Å²) in [6, 6.07) is 68.3. The molecule has 1 aromatic heterocycles. The van der Waals surface area contributed by atoms with Crippen LogP contribution in [0.3, 0.4) is 0 Å². The maximum atomic E-state index is 2.51. The van der Waals surface area contributed by atoms with Crippen LogP contribution in [0.5, 0.6) is 0 Å². The summed E-state index contributed by atoms with van der Waals surface area (Å²) in [6.07, 6.45) is 0. The molecule has 0 saturated heterocycles. The van der Waals surface area contributed by atoms with Crippen LogP contribution in [0, 0.1) is 0 Å². The Morgan fingerprint density at radius 3 is 1.57 bits per heavy atom. The second kappa shape index (κ2) is 11.7. The molecule has 56 heavy (non-hydrogen) atoms. The van der Waals surface area contributed by atoms with E-state index in [1.165, 1.54) is 119 Å². The zero-order valence-corrected chi connectivity index (χ0v) is 32.0. The van der Waals surface area contributed by atoms with Crippen LogP contribution in [0.4, 0.5) is 0 Å². The first-order chi connectivity index (χ1) is 27.5. The molecule has 0 nitrogen and oxygen atoms in total. The van der Waals surface area contributed by atoms with Crippen molar-refractivity contribution in [1.82, 2.24) is 0 Å². The molecular weight excluding hydrogens is 693 g/mol. The summed E-state index contributed by atoms with van der Waals surface area (Å²) < 4.78 is 2.74. The summed E-state index contributed by atoms with van der Waals surface area (Å²) in [6.45, 7) is 4.81. The third kappa shape index (κ3) is 4.53. The second-order valence-electron chi connectivity index (χ2n) is 16.0. The number of thiophene rings is 1. The summed E-state index contributed by atoms with van der Waals surface area (Å²) in [5, 5.41) is 13.0. The van der Waals surface area contributed by atoms with Crippen molar-refractivity contribution in [3.05, 3.63) is 193 Å². The summed E-state index contributed by atoms with van der Waals surface area (Å²) in [5.41, 5.74) is 13.0. The third-order valence-electron chi connectivity index (χ3n) is 12.6. The molecule has 0 fully saturated rings. The Morgan fingerprint density at radius 1 is 0.339 bits per heavy atom. The summed E-state index contributed by atoms with van der Waals surface area (Å²) in [4.78, 5) is 0. The van der Waals surface area contributed by atoms with Gasteiger partial charge in [-0.3, -0.25) is 0 Å². The first-order valence-corrected chi connectivity index (χ1v) is 20.4. The number of hydrogen-bond donors (Lipinski definition) is 0. The SMILES string of the molecule is CC1(C)c2ccc(-c3c4ccccc4c(-c4ccc5cc(-c6ccccc6)ccc5c4)c4ccccc34)cc2-c2cc3ccc4c5ccccc5sc4c3cc21. The van der Waals surface area contributed by atoms with Crippen molar-refractivity contribution in [2.45, 2.75) is 19.3 Å². The molecule has 1 heteroatoms. The van der Waals surface area contributed by atoms with Crippen molar-refractivity contribution in [3.8, 4) is 44.5 Å². The van der Waals surface area contributed by atoms with E-state index in [0.29, 0.717) is 0 Å². The van der Waals surface area contributed by atoms with Crippen molar-refractivity contribution >= 4 is 74.6 Å². The first kappa shape index (κ1) is 31.8. The van der Waals surface area contributed by atoms with Gasteiger partial charge in [0.05, 0.1) is 0 Å². The molecule has 0 amide bonds. The van der Waals surface area contributed by atoms with Gasteiger partial charge in [0.15, 0.2) is 0 Å². The quantitative estimate of drug-likeness (QED) is 0.159. The molecule has 0 radical (unpaired) electrons. The zero-order chi connectivity index (χ0) is 37.1. The molecule has 12 rings (SSSR count). The average Bonchev–Trinajstić information content (AvgIpc) is 3.73. The zero-order valence-electron chi connectivity index (χ0n) is 31.2. The lowest BCUT2D eigenvalue weighted by Crippen LogP contribution is -2.14. The Labute approximate surface area is 329 Å². The van der Waals surface area contributed by atoms with Gasteiger partial charge in [-0.1, -0.05) is 159 Å². The van der Waals surface area contributed by atoms with Gasteiger partial charge in [0, 0.05) is 25.6 Å². The van der Waals surface area contributed by atoms with Crippen LogP contribution in [0.1, 0.15) is 25.0 Å². The lowest BCUT2D eigenvalue weighted by atomic mass is 9.81. The summed E-state index contributed by atoms with van der Waals surface area (Å²) in [7, 11) is 0. The minimum Gasteiger partial charge on any atom is -0.135 e. The van der Waals surface area contributed by atoms with Crippen LogP contribution in [0.25, 0.3) is 108 Å². The molecule has 0 saturated carbocycles. The molecule has 1 aliphatic rings. The molecule has 0 atom stereocenters. The van der Waals surface area contributed by atoms with Crippen LogP contribution in [-0.4, -0.2) is 0 Å². The van der Waals surface area contributed by atoms with E-state index in [1.54, 1.807) is 0 Å². The lowest BCUT2D eigenvalue weighted by molar-refractivity contribution is 0.661. The topological polar surface area (TPSA) is 0 Å². The highest BCUT2D eigenvalue weighted by atomic mass is 32.1. The molecule has 0 spiro atoms. The fraction of sp³-hybridized carbons (Fsp3) is 0.0545. The molecular formula is C55H36S. The van der Waals surface area contributed by atoms with Gasteiger partial charge in [-0.25, -0.2) is 0 Å². The minimum atomic E-state index is -0.109. The van der Waals surface area contributed by atoms with E-state index < -0.39 is 0 Å². The maximum absolute atomic E-state index is 2.51. The number of hydrogen-bond acceptors (Lipinski definition) is 1. The molecule has 0 aliphatic heterocycles. The predicted molar refractivity (Wildman–Crippen MR) is 243 cm³/mol. The van der Waals surface area contributed by atoms with Crippen molar-refractivity contribution < 1.29 is 0 Å². The second-order valence-corrected chi connectivity index (χ2v) is 17.1. The minimum absolute atomic E-state index is 0.109. The van der Waals surface area contributed by atoms with Gasteiger partial charge in [-0.05, 0) is 135 Å². The Hall–Kier alpha value is -6.54. The van der Waals surface area contributed by atoms with E-state index in [0.717, 1.165) is 0 Å². The third-order valence-corrected chi connectivity index (χ3v) is 13.8. The van der Waals surface area contributed by atoms with E-state index in [2.05, 4.69) is 196 Å². The fourth-order valence-electron chi connectivity index (χ4n) is 9.87. The maximum Gasteiger partial charge on any atom is 0.0433 e. The van der Waals surface area contributed by atoms with E-state index in [4.69, 9.17) is 0 Å². The van der Waals surface area contributed by atoms with Crippen LogP contribution in [0.15, 0.2) is 182 Å². The van der Waals surface area contributed by atoms with Crippen LogP contribution >= 0.6 is 11.3 Å². The molecule has 1 aliphatic carbocycles. The first-order valence-electron chi connectivity index (χ1n) is 19.6. The largest absolute Gasteiger partial charge is 0.135 e. The van der Waals surface area contributed by atoms with Crippen molar-refractivity contribution in [2.24, 2.45) is 0 Å². The number of fused-ring (bicyclic) bond motifs is 11. The Bertz CT molecular complexity index is 3380. The van der Waals surface area contributed by atoms with Gasteiger partial charge < -0.3 is 0 Å². The van der Waals surface area contributed by atoms with Crippen LogP contribution < -0.4 is 0 Å². The van der Waals surface area contributed by atoms with Crippen LogP contribution in [0.2, 0.25) is 0 Å². The monoisotopic (exact) mass is 728 g/mol. The van der Waals surface area contributed by atoms with Gasteiger partial charge >= 0.3 is 0 Å². The Morgan fingerprint density at radius 2 is 0.875 bits per heavy atom. The average molecular weight is 729 g/mol. The number of rotatable bonds is 3. The highest BCUT2D eigenvalue weighted by Crippen LogP contribution is 2.53. The summed E-state index contributed by atoms with van der Waals surface area (Å²) in [5.74, 6) is 0. The highest BCUT2D eigenvalue weighted by molar-refractivity contribution is 7.26. The van der Waals surface area contributed by atoms with E-state index in [-0.39, 0.29) is 5.41 Å². The van der Waals surface area contributed by atoms with E-state index in [1.807, 2.05) is 11.3 Å². The van der Waals surface area contributed by atoms with Crippen LogP contribution in [-0.2, 0) is 5.41 Å². The molecule has 0 N–H and O–H groups in total. The lowest BCUT2D eigenvalue weighted by Gasteiger charge is -2.22. The van der Waals surface area contributed by atoms with Gasteiger partial charge in [-0.15, -0.1) is 11.3 Å². The van der Waals surface area contributed by atoms with Gasteiger partial charge in [0.2, 0.25) is 0 Å².